The lowest BCUT2D eigenvalue weighted by molar-refractivity contribution is -0.140. The second-order valence-corrected chi connectivity index (χ2v) is 11.2. The molecule has 1 heterocycles. The van der Waals surface area contributed by atoms with Gasteiger partial charge in [0.2, 0.25) is 11.8 Å². The summed E-state index contributed by atoms with van der Waals surface area (Å²) in [6.45, 7) is -0.00928. The summed E-state index contributed by atoms with van der Waals surface area (Å²) in [4.78, 5) is 27.8. The van der Waals surface area contributed by atoms with Gasteiger partial charge in [-0.1, -0.05) is 23.7 Å². The summed E-state index contributed by atoms with van der Waals surface area (Å²) in [7, 11) is -3.42. The van der Waals surface area contributed by atoms with Crippen LogP contribution in [-0.4, -0.2) is 54.8 Å². The monoisotopic (exact) mass is 435 g/mol. The molecule has 1 aromatic carbocycles. The van der Waals surface area contributed by atoms with Gasteiger partial charge in [-0.3, -0.25) is 9.59 Å². The van der Waals surface area contributed by atoms with Gasteiger partial charge in [0.05, 0.1) is 16.7 Å². The van der Waals surface area contributed by atoms with E-state index in [0.717, 1.165) is 11.8 Å². The van der Waals surface area contributed by atoms with Crippen LogP contribution < -0.4 is 5.32 Å². The number of carbonyl (C=O) groups excluding carboxylic acids is 2. The Morgan fingerprint density at radius 2 is 1.83 bits per heavy atom. The maximum absolute atomic E-state index is 13.5. The van der Waals surface area contributed by atoms with Crippen molar-refractivity contribution in [2.75, 3.05) is 12.8 Å². The number of nitrogens with one attached hydrogen (secondary N) is 1. The predicted molar refractivity (Wildman–Crippen MR) is 107 cm³/mol. The van der Waals surface area contributed by atoms with Crippen molar-refractivity contribution in [1.82, 2.24) is 10.2 Å². The molecule has 0 spiro atoms. The molecular weight excluding hydrogens is 414 g/mol. The van der Waals surface area contributed by atoms with Crippen LogP contribution in [0.1, 0.15) is 37.7 Å². The third kappa shape index (κ3) is 3.62. The number of hydrogen-bond acceptors (Lipinski definition) is 5. The van der Waals surface area contributed by atoms with Gasteiger partial charge in [-0.25, -0.2) is 8.42 Å². The fourth-order valence-corrected chi connectivity index (χ4v) is 5.17. The van der Waals surface area contributed by atoms with Crippen LogP contribution in [0.5, 0.6) is 0 Å². The summed E-state index contributed by atoms with van der Waals surface area (Å²) in [5, 5.41) is 11.8. The predicted octanol–water partition coefficient (Wildman–Crippen LogP) is 1.56. The molecule has 1 N–H and O–H groups in total. The summed E-state index contributed by atoms with van der Waals surface area (Å²) in [6.07, 6.45) is 3.60. The first-order chi connectivity index (χ1) is 13.6. The molecule has 1 aromatic rings. The van der Waals surface area contributed by atoms with E-state index >= 15 is 0 Å². The van der Waals surface area contributed by atoms with Crippen LogP contribution in [0.3, 0.4) is 0 Å². The first kappa shape index (κ1) is 20.2. The van der Waals surface area contributed by atoms with E-state index in [1.807, 2.05) is 0 Å². The molecule has 9 heteroatoms. The van der Waals surface area contributed by atoms with Crippen LogP contribution in [0.15, 0.2) is 24.3 Å². The Morgan fingerprint density at radius 3 is 2.31 bits per heavy atom. The molecule has 2 amide bonds. The topological polar surface area (TPSA) is 107 Å². The fourth-order valence-electron chi connectivity index (χ4n) is 4.08. The number of sulfone groups is 1. The Labute approximate surface area is 174 Å². The number of benzene rings is 1. The molecule has 0 aromatic heterocycles. The summed E-state index contributed by atoms with van der Waals surface area (Å²) in [5.74, 6) is -0.677. The molecule has 29 heavy (non-hydrogen) atoms. The van der Waals surface area contributed by atoms with Crippen LogP contribution >= 0.6 is 11.6 Å². The van der Waals surface area contributed by atoms with Crippen molar-refractivity contribution in [3.63, 3.8) is 0 Å². The van der Waals surface area contributed by atoms with Gasteiger partial charge in [-0.15, -0.1) is 0 Å². The van der Waals surface area contributed by atoms with E-state index in [1.54, 1.807) is 24.3 Å². The minimum Gasteiger partial charge on any atom is -0.336 e. The van der Waals surface area contributed by atoms with Crippen molar-refractivity contribution in [2.24, 2.45) is 0 Å². The molecule has 2 aliphatic carbocycles. The molecule has 7 nitrogen and oxygen atoms in total. The van der Waals surface area contributed by atoms with Crippen molar-refractivity contribution in [2.45, 2.75) is 54.3 Å². The summed E-state index contributed by atoms with van der Waals surface area (Å²) in [5.41, 5.74) is -0.783. The average molecular weight is 436 g/mol. The lowest BCUT2D eigenvalue weighted by atomic mass is 9.94. The van der Waals surface area contributed by atoms with Gasteiger partial charge in [0.25, 0.3) is 0 Å². The van der Waals surface area contributed by atoms with Crippen molar-refractivity contribution in [3.05, 3.63) is 34.9 Å². The maximum Gasteiger partial charge on any atom is 0.244 e. The Morgan fingerprint density at radius 1 is 1.21 bits per heavy atom. The fraction of sp³-hybridized carbons (Fsp3) is 0.550. The van der Waals surface area contributed by atoms with Crippen LogP contribution in [0, 0.1) is 11.3 Å². The molecule has 4 rings (SSSR count). The molecule has 3 aliphatic rings. The van der Waals surface area contributed by atoms with Gasteiger partial charge >= 0.3 is 0 Å². The van der Waals surface area contributed by atoms with Gasteiger partial charge < -0.3 is 10.2 Å². The van der Waals surface area contributed by atoms with E-state index in [0.29, 0.717) is 30.7 Å². The van der Waals surface area contributed by atoms with Gasteiger partial charge in [-0.05, 0) is 49.8 Å². The zero-order valence-electron chi connectivity index (χ0n) is 16.0. The number of amides is 2. The van der Waals surface area contributed by atoms with Crippen molar-refractivity contribution in [1.29, 1.82) is 5.26 Å². The average Bonchev–Trinajstić information content (AvgIpc) is 3.58. The second kappa shape index (κ2) is 6.71. The molecule has 2 unspecified atom stereocenters. The van der Waals surface area contributed by atoms with Gasteiger partial charge in [0.15, 0.2) is 9.84 Å². The Hall–Kier alpha value is -2.11. The highest BCUT2D eigenvalue weighted by Crippen LogP contribution is 2.51. The van der Waals surface area contributed by atoms with E-state index in [-0.39, 0.29) is 18.9 Å². The quantitative estimate of drug-likeness (QED) is 0.755. The third-order valence-corrected chi connectivity index (χ3v) is 8.12. The van der Waals surface area contributed by atoms with E-state index < -0.39 is 38.0 Å². The highest BCUT2D eigenvalue weighted by molar-refractivity contribution is 7.91. The molecule has 1 aliphatic heterocycles. The van der Waals surface area contributed by atoms with Crippen LogP contribution in [0.4, 0.5) is 0 Å². The normalized spacial score (nSPS) is 26.4. The lowest BCUT2D eigenvalue weighted by Crippen LogP contribution is -2.51. The molecule has 0 radical (unpaired) electrons. The molecule has 154 valence electrons. The highest BCUT2D eigenvalue weighted by Gasteiger charge is 2.57. The number of halogens is 1. The zero-order chi connectivity index (χ0) is 21.0. The van der Waals surface area contributed by atoms with E-state index in [4.69, 9.17) is 11.6 Å². The second-order valence-electron chi connectivity index (χ2n) is 8.43. The first-order valence-corrected chi connectivity index (χ1v) is 11.9. The summed E-state index contributed by atoms with van der Waals surface area (Å²) in [6, 6.07) is 8.27. The van der Waals surface area contributed by atoms with Crippen molar-refractivity contribution < 1.29 is 18.0 Å². The number of nitrogens with zero attached hydrogens (tertiary/aromatic N) is 2. The van der Waals surface area contributed by atoms with Gasteiger partial charge in [0, 0.05) is 17.8 Å². The standard InChI is InChI=1S/C20H22ClN3O4S/c1-29(27,28)15-10-16(17(25)23-19(12-22)6-7-19)24(11-15)18(26)20(8-9-20)13-2-4-14(21)5-3-13/h2-5,15-16H,6-11H2,1H3,(H,23,25). The van der Waals surface area contributed by atoms with Crippen molar-refractivity contribution in [3.8, 4) is 6.07 Å². The summed E-state index contributed by atoms with van der Waals surface area (Å²) >= 11 is 5.96. The third-order valence-electron chi connectivity index (χ3n) is 6.31. The smallest absolute Gasteiger partial charge is 0.244 e. The largest absolute Gasteiger partial charge is 0.336 e. The van der Waals surface area contributed by atoms with Gasteiger partial charge in [0.1, 0.15) is 11.6 Å². The van der Waals surface area contributed by atoms with Crippen LogP contribution in [0.25, 0.3) is 0 Å². The number of rotatable bonds is 5. The Bertz CT molecular complexity index is 1010. The zero-order valence-corrected chi connectivity index (χ0v) is 17.6. The van der Waals surface area contributed by atoms with Crippen LogP contribution in [0.2, 0.25) is 5.02 Å². The van der Waals surface area contributed by atoms with E-state index in [9.17, 15) is 23.3 Å². The molecular formula is C20H22ClN3O4S. The first-order valence-electron chi connectivity index (χ1n) is 9.60. The molecule has 3 fully saturated rings. The highest BCUT2D eigenvalue weighted by atomic mass is 35.5. The van der Waals surface area contributed by atoms with Gasteiger partial charge in [-0.2, -0.15) is 5.26 Å². The number of hydrogen-bond donors (Lipinski definition) is 1. The Kier molecular flexibility index (Phi) is 4.67. The minimum atomic E-state index is -3.42. The van der Waals surface area contributed by atoms with E-state index in [2.05, 4.69) is 11.4 Å². The minimum absolute atomic E-state index is 0.00928. The van der Waals surface area contributed by atoms with Crippen molar-refractivity contribution >= 4 is 33.3 Å². The number of carbonyl (C=O) groups is 2. The van der Waals surface area contributed by atoms with Crippen LogP contribution in [-0.2, 0) is 24.8 Å². The molecule has 2 saturated carbocycles. The number of likely N-dealkylation sites (tertiary alicyclic amines) is 1. The molecule has 1 saturated heterocycles. The molecule has 0 bridgehead atoms. The SMILES string of the molecule is CS(=O)(=O)C1CC(C(=O)NC2(C#N)CC2)N(C(=O)C2(c3ccc(Cl)cc3)CC2)C1. The lowest BCUT2D eigenvalue weighted by Gasteiger charge is -2.29. The molecule has 2 atom stereocenters. The summed E-state index contributed by atoms with van der Waals surface area (Å²) < 4.78 is 24.3. The maximum atomic E-state index is 13.5. The Balaban J connectivity index is 1.62. The number of nitriles is 1. The van der Waals surface area contributed by atoms with E-state index in [1.165, 1.54) is 4.90 Å².